The summed E-state index contributed by atoms with van der Waals surface area (Å²) in [5, 5.41) is 10.7. The van der Waals surface area contributed by atoms with E-state index in [2.05, 4.69) is 17.2 Å². The highest BCUT2D eigenvalue weighted by Crippen LogP contribution is 2.43. The van der Waals surface area contributed by atoms with E-state index in [-0.39, 0.29) is 17.9 Å². The first-order valence-electron chi connectivity index (χ1n) is 11.8. The van der Waals surface area contributed by atoms with Crippen molar-refractivity contribution in [3.05, 3.63) is 82.9 Å². The van der Waals surface area contributed by atoms with Crippen LogP contribution in [0, 0.1) is 13.8 Å². The van der Waals surface area contributed by atoms with Gasteiger partial charge in [-0.05, 0) is 57.4 Å². The predicted molar refractivity (Wildman–Crippen MR) is 131 cm³/mol. The van der Waals surface area contributed by atoms with E-state index in [4.69, 9.17) is 5.10 Å². The fraction of sp³-hybridized carbons (Fsp3) is 0.370. The topological polar surface area (TPSA) is 76.0 Å². The van der Waals surface area contributed by atoms with Gasteiger partial charge in [0.25, 0.3) is 5.91 Å². The molecule has 7 heteroatoms. The molecule has 1 fully saturated rings. The van der Waals surface area contributed by atoms with Crippen LogP contribution in [0.3, 0.4) is 0 Å². The second kappa shape index (κ2) is 9.79. The summed E-state index contributed by atoms with van der Waals surface area (Å²) in [6.45, 7) is 9.57. The van der Waals surface area contributed by atoms with Crippen LogP contribution in [0.5, 0.6) is 0 Å². The molecule has 2 aromatic rings. The zero-order chi connectivity index (χ0) is 24.4. The summed E-state index contributed by atoms with van der Waals surface area (Å²) in [7, 11) is 0. The first-order valence-corrected chi connectivity index (χ1v) is 11.8. The summed E-state index contributed by atoms with van der Waals surface area (Å²) in [5.41, 5.74) is 3.52. The number of nitrogens with one attached hydrogen (secondary N) is 2. The molecular formula is C27H31FN4O2. The van der Waals surface area contributed by atoms with Gasteiger partial charge >= 0.3 is 0 Å². The summed E-state index contributed by atoms with van der Waals surface area (Å²) in [6, 6.07) is 6.51. The number of aryl methyl sites for hydroxylation is 2. The molecular weight excluding hydrogens is 431 g/mol. The van der Waals surface area contributed by atoms with E-state index in [0.29, 0.717) is 17.0 Å². The number of nitrogens with zero attached hydrogens (tertiary/aromatic N) is 2. The minimum Gasteiger partial charge on any atom is -0.339 e. The number of benzene rings is 1. The van der Waals surface area contributed by atoms with E-state index in [1.54, 1.807) is 31.2 Å². The minimum atomic E-state index is -0.911. The normalized spacial score (nSPS) is 20.9. The lowest BCUT2D eigenvalue weighted by Crippen LogP contribution is -2.50. The number of allylic oxidation sites excluding steroid dienone is 4. The Balaban J connectivity index is 1.75. The molecule has 2 heterocycles. The van der Waals surface area contributed by atoms with Crippen LogP contribution in [-0.2, 0) is 4.79 Å². The number of carbonyl (C=O) groups is 2. The van der Waals surface area contributed by atoms with Crippen molar-refractivity contribution < 1.29 is 14.0 Å². The van der Waals surface area contributed by atoms with Gasteiger partial charge in [-0.25, -0.2) is 9.07 Å². The fourth-order valence-corrected chi connectivity index (χ4v) is 4.93. The molecule has 178 valence electrons. The number of halogens is 1. The third kappa shape index (κ3) is 4.60. The second-order valence-electron chi connectivity index (χ2n) is 9.10. The monoisotopic (exact) mass is 462 g/mol. The summed E-state index contributed by atoms with van der Waals surface area (Å²) >= 11 is 0. The smallest absolute Gasteiger partial charge is 0.251 e. The predicted octanol–water partition coefficient (Wildman–Crippen LogP) is 5.44. The molecule has 2 amide bonds. The van der Waals surface area contributed by atoms with Crippen molar-refractivity contribution in [2.75, 3.05) is 5.32 Å². The zero-order valence-electron chi connectivity index (χ0n) is 19.9. The number of aromatic nitrogens is 2. The third-order valence-electron chi connectivity index (χ3n) is 6.67. The Labute approximate surface area is 199 Å². The summed E-state index contributed by atoms with van der Waals surface area (Å²) in [6.07, 6.45) is 8.52. The number of anilines is 1. The summed E-state index contributed by atoms with van der Waals surface area (Å²) in [5.74, 6) is -1.01. The van der Waals surface area contributed by atoms with Gasteiger partial charge in [0.15, 0.2) is 0 Å². The molecule has 0 spiro atoms. The Morgan fingerprint density at radius 2 is 2.00 bits per heavy atom. The quantitative estimate of drug-likeness (QED) is 0.562. The Kier molecular flexibility index (Phi) is 6.82. The zero-order valence-corrected chi connectivity index (χ0v) is 19.9. The Morgan fingerprint density at radius 1 is 1.26 bits per heavy atom. The summed E-state index contributed by atoms with van der Waals surface area (Å²) < 4.78 is 15.8. The Bertz CT molecular complexity index is 1190. The van der Waals surface area contributed by atoms with Crippen LogP contribution >= 0.6 is 0 Å². The van der Waals surface area contributed by atoms with Gasteiger partial charge in [0.2, 0.25) is 5.91 Å². The number of rotatable bonds is 6. The lowest BCUT2D eigenvalue weighted by atomic mass is 9.81. The van der Waals surface area contributed by atoms with E-state index >= 15 is 0 Å². The summed E-state index contributed by atoms with van der Waals surface area (Å²) in [4.78, 5) is 26.4. The third-order valence-corrected chi connectivity index (χ3v) is 6.67. The van der Waals surface area contributed by atoms with Crippen molar-refractivity contribution in [3.8, 4) is 0 Å². The first kappa shape index (κ1) is 23.7. The molecule has 1 aliphatic heterocycles. The van der Waals surface area contributed by atoms with E-state index < -0.39 is 17.8 Å². The second-order valence-corrected chi connectivity index (χ2v) is 9.10. The standard InChI is InChI=1S/C27H31FN4O2/c1-5-20(28)14-13-17(3)22-23-18(4)31-32(21-11-6-7-12-21)25(23)30-27(34)24(22)29-26(33)19-10-8-9-16(2)15-19/h5,8-10,13-15,21-22,24H,3,6-7,11-12H2,1-2,4H3,(H,29,33)(H,30,34)/b14-13-,20-5+/t22-,24+/m0/s1. The van der Waals surface area contributed by atoms with Crippen molar-refractivity contribution in [3.63, 3.8) is 0 Å². The average molecular weight is 463 g/mol. The molecule has 2 atom stereocenters. The van der Waals surface area contributed by atoms with Crippen LogP contribution in [-0.4, -0.2) is 27.6 Å². The Morgan fingerprint density at radius 3 is 2.68 bits per heavy atom. The molecule has 0 unspecified atom stereocenters. The molecule has 1 aliphatic carbocycles. The van der Waals surface area contributed by atoms with Crippen LogP contribution in [0.1, 0.15) is 71.7 Å². The molecule has 2 N–H and O–H groups in total. The van der Waals surface area contributed by atoms with Gasteiger partial charge < -0.3 is 10.6 Å². The lowest BCUT2D eigenvalue weighted by Gasteiger charge is -2.33. The first-order chi connectivity index (χ1) is 16.3. The van der Waals surface area contributed by atoms with Crippen LogP contribution in [0.15, 0.2) is 60.5 Å². The van der Waals surface area contributed by atoms with Crippen molar-refractivity contribution in [2.24, 2.45) is 0 Å². The van der Waals surface area contributed by atoms with Gasteiger partial charge in [0.05, 0.1) is 11.7 Å². The number of hydrogen-bond donors (Lipinski definition) is 2. The number of fused-ring (bicyclic) bond motifs is 1. The van der Waals surface area contributed by atoms with Crippen molar-refractivity contribution in [1.82, 2.24) is 15.1 Å². The number of hydrogen-bond acceptors (Lipinski definition) is 3. The van der Waals surface area contributed by atoms with E-state index in [0.717, 1.165) is 42.5 Å². The molecule has 0 bridgehead atoms. The number of carbonyl (C=O) groups excluding carboxylic acids is 2. The van der Waals surface area contributed by atoms with Gasteiger partial charge in [-0.3, -0.25) is 9.59 Å². The van der Waals surface area contributed by atoms with E-state index in [9.17, 15) is 14.0 Å². The largest absolute Gasteiger partial charge is 0.339 e. The van der Waals surface area contributed by atoms with Gasteiger partial charge in [0, 0.05) is 17.0 Å². The highest BCUT2D eigenvalue weighted by atomic mass is 19.1. The van der Waals surface area contributed by atoms with Gasteiger partial charge in [-0.1, -0.05) is 49.3 Å². The van der Waals surface area contributed by atoms with Crippen molar-refractivity contribution >= 4 is 17.6 Å². The SMILES string of the molecule is C=C(/C=C\C(F)=C/C)[C@H]1c2c(C)nn(C3CCCC3)c2NC(=O)[C@@H]1NC(=O)c1cccc(C)c1. The average Bonchev–Trinajstić information content (AvgIpc) is 3.46. The maximum absolute atomic E-state index is 13.9. The lowest BCUT2D eigenvalue weighted by molar-refractivity contribution is -0.118. The maximum Gasteiger partial charge on any atom is 0.251 e. The molecule has 1 saturated carbocycles. The minimum absolute atomic E-state index is 0.228. The van der Waals surface area contributed by atoms with Gasteiger partial charge in [0.1, 0.15) is 17.7 Å². The molecule has 1 aromatic heterocycles. The number of amides is 2. The van der Waals surface area contributed by atoms with Crippen LogP contribution in [0.2, 0.25) is 0 Å². The fourth-order valence-electron chi connectivity index (χ4n) is 4.93. The van der Waals surface area contributed by atoms with E-state index in [1.807, 2.05) is 24.6 Å². The highest BCUT2D eigenvalue weighted by Gasteiger charge is 2.42. The van der Waals surface area contributed by atoms with Crippen LogP contribution in [0.4, 0.5) is 10.2 Å². The van der Waals surface area contributed by atoms with Crippen LogP contribution in [0.25, 0.3) is 0 Å². The Hall–Kier alpha value is -3.48. The maximum atomic E-state index is 13.9. The molecule has 0 saturated heterocycles. The van der Waals surface area contributed by atoms with Gasteiger partial charge in [-0.15, -0.1) is 0 Å². The molecule has 0 radical (unpaired) electrons. The molecule has 4 rings (SSSR count). The van der Waals surface area contributed by atoms with E-state index in [1.165, 1.54) is 12.2 Å². The molecule has 6 nitrogen and oxygen atoms in total. The van der Waals surface area contributed by atoms with Crippen molar-refractivity contribution in [1.29, 1.82) is 0 Å². The van der Waals surface area contributed by atoms with Crippen molar-refractivity contribution in [2.45, 2.75) is 64.5 Å². The molecule has 1 aromatic carbocycles. The highest BCUT2D eigenvalue weighted by molar-refractivity contribution is 6.04. The van der Waals surface area contributed by atoms with Crippen LogP contribution < -0.4 is 10.6 Å². The van der Waals surface area contributed by atoms with Gasteiger partial charge in [-0.2, -0.15) is 5.10 Å². The molecule has 2 aliphatic rings. The molecule has 34 heavy (non-hydrogen) atoms.